The highest BCUT2D eigenvalue weighted by molar-refractivity contribution is 6.06. The average molecular weight is 661 g/mol. The first-order valence-electron chi connectivity index (χ1n) is 16.4. The number of anilines is 1. The van der Waals surface area contributed by atoms with E-state index in [1.54, 1.807) is 47.5 Å². The molecule has 0 aliphatic carbocycles. The monoisotopic (exact) mass is 660 g/mol. The van der Waals surface area contributed by atoms with Crippen LogP contribution in [0.2, 0.25) is 0 Å². The number of hydrogen-bond acceptors (Lipinski definition) is 8. The Labute approximate surface area is 285 Å². The first kappa shape index (κ1) is 33.4. The number of rotatable bonds is 12. The van der Waals surface area contributed by atoms with E-state index in [0.29, 0.717) is 66.7 Å². The lowest BCUT2D eigenvalue weighted by atomic mass is 10.0. The van der Waals surface area contributed by atoms with Crippen LogP contribution in [-0.4, -0.2) is 85.9 Å². The molecule has 11 nitrogen and oxygen atoms in total. The van der Waals surface area contributed by atoms with Crippen molar-refractivity contribution in [2.45, 2.75) is 12.5 Å². The molecule has 3 amide bonds. The molecule has 5 aromatic rings. The van der Waals surface area contributed by atoms with Gasteiger partial charge < -0.3 is 34.9 Å². The van der Waals surface area contributed by atoms with Crippen molar-refractivity contribution >= 4 is 34.3 Å². The number of nitrogens with zero attached hydrogens (tertiary/aromatic N) is 3. The van der Waals surface area contributed by atoms with Gasteiger partial charge in [-0.1, -0.05) is 42.5 Å². The van der Waals surface area contributed by atoms with Crippen molar-refractivity contribution in [1.82, 2.24) is 25.4 Å². The number of amides is 3. The minimum Gasteiger partial charge on any atom is -0.494 e. The fraction of sp³-hybridized carbons (Fsp3) is 0.263. The second-order valence-corrected chi connectivity index (χ2v) is 12.2. The zero-order chi connectivity index (χ0) is 34.2. The van der Waals surface area contributed by atoms with Crippen LogP contribution in [0.4, 0.5) is 5.69 Å². The molecule has 11 heteroatoms. The minimum atomic E-state index is -0.912. The predicted molar refractivity (Wildman–Crippen MR) is 189 cm³/mol. The number of ether oxygens (including phenoxy) is 1. The highest BCUT2D eigenvalue weighted by atomic mass is 16.5. The third-order valence-corrected chi connectivity index (χ3v) is 8.27. The summed E-state index contributed by atoms with van der Waals surface area (Å²) in [6.07, 6.45) is 2.44. The van der Waals surface area contributed by atoms with Crippen molar-refractivity contribution in [2.75, 3.05) is 58.7 Å². The number of fused-ring (bicyclic) bond motifs is 1. The molecule has 6 rings (SSSR count). The first-order chi connectivity index (χ1) is 23.8. The van der Waals surface area contributed by atoms with Gasteiger partial charge in [-0.25, -0.2) is 0 Å². The lowest BCUT2D eigenvalue weighted by Gasteiger charge is -2.31. The van der Waals surface area contributed by atoms with Gasteiger partial charge in [0.15, 0.2) is 5.76 Å². The molecule has 1 aliphatic rings. The topological polar surface area (TPSA) is 129 Å². The van der Waals surface area contributed by atoms with Crippen LogP contribution in [0.25, 0.3) is 22.2 Å². The van der Waals surface area contributed by atoms with Crippen molar-refractivity contribution < 1.29 is 23.5 Å². The number of para-hydroxylation sites is 1. The molecule has 3 heterocycles. The number of carbonyl (C=O) groups is 3. The molecule has 3 N–H and O–H groups in total. The summed E-state index contributed by atoms with van der Waals surface area (Å²) >= 11 is 0. The smallest absolute Gasteiger partial charge is 0.287 e. The summed E-state index contributed by atoms with van der Waals surface area (Å²) in [6.45, 7) is 3.97. The number of piperazine rings is 1. The molecule has 49 heavy (non-hydrogen) atoms. The highest BCUT2D eigenvalue weighted by Crippen LogP contribution is 2.27. The van der Waals surface area contributed by atoms with Gasteiger partial charge >= 0.3 is 0 Å². The number of pyridine rings is 1. The molecule has 252 valence electrons. The summed E-state index contributed by atoms with van der Waals surface area (Å²) < 4.78 is 11.9. The molecule has 1 unspecified atom stereocenters. The van der Waals surface area contributed by atoms with Gasteiger partial charge in [-0.3, -0.25) is 19.4 Å². The average Bonchev–Trinajstić information content (AvgIpc) is 3.63. The number of furan rings is 1. The van der Waals surface area contributed by atoms with Gasteiger partial charge in [0.1, 0.15) is 17.6 Å². The molecule has 1 aliphatic heterocycles. The van der Waals surface area contributed by atoms with Gasteiger partial charge in [0.2, 0.25) is 5.91 Å². The number of aromatic nitrogens is 1. The van der Waals surface area contributed by atoms with E-state index in [1.165, 1.54) is 0 Å². The molecule has 1 atom stereocenters. The molecule has 0 radical (unpaired) electrons. The second kappa shape index (κ2) is 15.6. The van der Waals surface area contributed by atoms with E-state index in [4.69, 9.17) is 9.15 Å². The van der Waals surface area contributed by atoms with Gasteiger partial charge in [-0.15, -0.1) is 0 Å². The van der Waals surface area contributed by atoms with Crippen LogP contribution in [0, 0.1) is 0 Å². The lowest BCUT2D eigenvalue weighted by molar-refractivity contribution is -0.134. The molecule has 2 aromatic heterocycles. The SMILES string of the molecule is CN(C)CCCOc1ccc(C(NC(=O)c2ccc(-c3cccc(NC(=O)c4cnc5ccccc5c4)c3)o2)C(=O)N2CCNCC2)cc1. The zero-order valence-corrected chi connectivity index (χ0v) is 27.6. The van der Waals surface area contributed by atoms with E-state index < -0.39 is 11.9 Å². The zero-order valence-electron chi connectivity index (χ0n) is 27.6. The highest BCUT2D eigenvalue weighted by Gasteiger charge is 2.29. The molecular weight excluding hydrogens is 620 g/mol. The van der Waals surface area contributed by atoms with Crippen molar-refractivity contribution in [3.8, 4) is 17.1 Å². The number of benzene rings is 3. The van der Waals surface area contributed by atoms with E-state index in [0.717, 1.165) is 23.9 Å². The van der Waals surface area contributed by atoms with E-state index in [2.05, 4.69) is 25.8 Å². The van der Waals surface area contributed by atoms with Crippen molar-refractivity contribution in [3.05, 3.63) is 114 Å². The fourth-order valence-electron chi connectivity index (χ4n) is 5.65. The Kier molecular flexibility index (Phi) is 10.6. The van der Waals surface area contributed by atoms with Gasteiger partial charge in [-0.2, -0.15) is 0 Å². The Morgan fingerprint density at radius 2 is 1.73 bits per heavy atom. The van der Waals surface area contributed by atoms with Crippen LogP contribution >= 0.6 is 0 Å². The van der Waals surface area contributed by atoms with Gasteiger partial charge in [-0.05, 0) is 74.6 Å². The van der Waals surface area contributed by atoms with E-state index in [1.807, 2.05) is 68.7 Å². The number of carbonyl (C=O) groups excluding carboxylic acids is 3. The van der Waals surface area contributed by atoms with Gasteiger partial charge in [0.25, 0.3) is 11.8 Å². The molecule has 0 spiro atoms. The largest absolute Gasteiger partial charge is 0.494 e. The summed E-state index contributed by atoms with van der Waals surface area (Å²) in [6, 6.07) is 26.2. The second-order valence-electron chi connectivity index (χ2n) is 12.2. The first-order valence-corrected chi connectivity index (χ1v) is 16.4. The summed E-state index contributed by atoms with van der Waals surface area (Å²) in [5.74, 6) is 0.201. The quantitative estimate of drug-likeness (QED) is 0.160. The van der Waals surface area contributed by atoms with Crippen LogP contribution in [0.5, 0.6) is 5.75 Å². The van der Waals surface area contributed by atoms with Crippen LogP contribution in [-0.2, 0) is 4.79 Å². The van der Waals surface area contributed by atoms with Crippen LogP contribution in [0.15, 0.2) is 102 Å². The predicted octanol–water partition coefficient (Wildman–Crippen LogP) is 4.98. The fourth-order valence-corrected chi connectivity index (χ4v) is 5.65. The summed E-state index contributed by atoms with van der Waals surface area (Å²) in [4.78, 5) is 48.5. The summed E-state index contributed by atoms with van der Waals surface area (Å²) in [5.41, 5.74) is 3.13. The molecular formula is C38H40N6O5. The maximum absolute atomic E-state index is 13.7. The van der Waals surface area contributed by atoms with Crippen LogP contribution < -0.4 is 20.7 Å². The normalized spacial score (nSPS) is 13.7. The Bertz CT molecular complexity index is 1920. The van der Waals surface area contributed by atoms with E-state index >= 15 is 0 Å². The number of hydrogen-bond donors (Lipinski definition) is 3. The molecule has 1 saturated heterocycles. The van der Waals surface area contributed by atoms with Crippen LogP contribution in [0.3, 0.4) is 0 Å². The van der Waals surface area contributed by atoms with Crippen LogP contribution in [0.1, 0.15) is 38.9 Å². The minimum absolute atomic E-state index is 0.0608. The summed E-state index contributed by atoms with van der Waals surface area (Å²) in [7, 11) is 4.04. The standard InChI is InChI=1S/C38H40N6O5/c1-43(2)19-6-22-48-31-13-11-26(12-14-31)35(38(47)44-20-17-39-18-21-44)42-37(46)34-16-15-33(49-34)28-8-5-9-30(24-28)41-36(45)29-23-27-7-3-4-10-32(27)40-25-29/h3-5,7-16,23-25,35,39H,6,17-22H2,1-2H3,(H,41,45)(H,42,46). The summed E-state index contributed by atoms with van der Waals surface area (Å²) in [5, 5.41) is 9.96. The third-order valence-electron chi connectivity index (χ3n) is 8.27. The lowest BCUT2D eigenvalue weighted by Crippen LogP contribution is -2.50. The van der Waals surface area contributed by atoms with Crippen molar-refractivity contribution in [2.24, 2.45) is 0 Å². The Morgan fingerprint density at radius 3 is 2.53 bits per heavy atom. The van der Waals surface area contributed by atoms with Crippen molar-refractivity contribution in [1.29, 1.82) is 0 Å². The Balaban J connectivity index is 1.14. The van der Waals surface area contributed by atoms with Gasteiger partial charge in [0.05, 0.1) is 17.7 Å². The third kappa shape index (κ3) is 8.50. The molecule has 3 aromatic carbocycles. The van der Waals surface area contributed by atoms with E-state index in [9.17, 15) is 14.4 Å². The Hall–Kier alpha value is -5.52. The molecule has 0 bridgehead atoms. The van der Waals surface area contributed by atoms with E-state index in [-0.39, 0.29) is 17.6 Å². The Morgan fingerprint density at radius 1 is 0.939 bits per heavy atom. The number of nitrogens with one attached hydrogen (secondary N) is 3. The molecule has 0 saturated carbocycles. The maximum Gasteiger partial charge on any atom is 0.287 e. The molecule has 1 fully saturated rings. The van der Waals surface area contributed by atoms with Crippen molar-refractivity contribution in [3.63, 3.8) is 0 Å². The maximum atomic E-state index is 13.7. The van der Waals surface area contributed by atoms with Gasteiger partial charge in [0, 0.05) is 55.6 Å².